The average molecular weight is 421 g/mol. The standard InChI is InChI=1S/C17H28INO3/c1-15(2,3)21-14(20)19-10-8-12-16(4,5)13(22-18)7-9-17(12,6)11-19/h7,12H,8-11H2,1-6H3. The monoisotopic (exact) mass is 421 g/mol. The minimum Gasteiger partial charge on any atom is -0.444 e. The zero-order valence-electron chi connectivity index (χ0n) is 14.5. The van der Waals surface area contributed by atoms with E-state index in [0.29, 0.717) is 5.92 Å². The van der Waals surface area contributed by atoms with Crippen LogP contribution in [0.25, 0.3) is 0 Å². The Kier molecular flexibility index (Phi) is 4.78. The van der Waals surface area contributed by atoms with Gasteiger partial charge in [-0.2, -0.15) is 0 Å². The van der Waals surface area contributed by atoms with Crippen molar-refractivity contribution in [3.8, 4) is 0 Å². The van der Waals surface area contributed by atoms with E-state index in [1.165, 1.54) is 0 Å². The molecule has 0 radical (unpaired) electrons. The Bertz CT molecular complexity index is 481. The number of hydrogen-bond acceptors (Lipinski definition) is 3. The number of fused-ring (bicyclic) bond motifs is 1. The van der Waals surface area contributed by atoms with Crippen molar-refractivity contribution in [1.82, 2.24) is 4.90 Å². The third kappa shape index (κ3) is 3.39. The van der Waals surface area contributed by atoms with E-state index >= 15 is 0 Å². The van der Waals surface area contributed by atoms with Crippen molar-refractivity contribution in [2.45, 2.75) is 60.0 Å². The third-order valence-electron chi connectivity index (χ3n) is 5.08. The highest BCUT2D eigenvalue weighted by Gasteiger charge is 2.52. The number of halogens is 1. The molecule has 0 aromatic rings. The molecule has 0 N–H and O–H groups in total. The Morgan fingerprint density at radius 1 is 1.36 bits per heavy atom. The van der Waals surface area contributed by atoms with Gasteiger partial charge in [-0.05, 0) is 51.0 Å². The van der Waals surface area contributed by atoms with Crippen molar-refractivity contribution in [3.63, 3.8) is 0 Å². The molecule has 1 aliphatic carbocycles. The largest absolute Gasteiger partial charge is 0.444 e. The number of piperidine rings is 1. The summed E-state index contributed by atoms with van der Waals surface area (Å²) in [5.74, 6) is 1.58. The number of allylic oxidation sites excluding steroid dienone is 2. The Balaban J connectivity index is 2.17. The van der Waals surface area contributed by atoms with Gasteiger partial charge in [0.25, 0.3) is 0 Å². The number of hydrogen-bond donors (Lipinski definition) is 0. The number of ether oxygens (including phenoxy) is 1. The minimum absolute atomic E-state index is 0.00815. The number of rotatable bonds is 1. The molecule has 0 aromatic carbocycles. The third-order valence-corrected chi connectivity index (χ3v) is 5.55. The Morgan fingerprint density at radius 2 is 2.00 bits per heavy atom. The molecule has 0 aromatic heterocycles. The average Bonchev–Trinajstić information content (AvgIpc) is 2.35. The summed E-state index contributed by atoms with van der Waals surface area (Å²) in [6, 6.07) is 0. The van der Waals surface area contributed by atoms with Crippen molar-refractivity contribution in [3.05, 3.63) is 11.8 Å². The van der Waals surface area contributed by atoms with Crippen LogP contribution in [0.1, 0.15) is 54.4 Å². The van der Waals surface area contributed by atoms with Crippen LogP contribution in [0.5, 0.6) is 0 Å². The van der Waals surface area contributed by atoms with Gasteiger partial charge < -0.3 is 12.7 Å². The highest BCUT2D eigenvalue weighted by Crippen LogP contribution is 2.55. The van der Waals surface area contributed by atoms with Gasteiger partial charge in [0.2, 0.25) is 0 Å². The van der Waals surface area contributed by atoms with Crippen LogP contribution in [-0.4, -0.2) is 29.7 Å². The maximum absolute atomic E-state index is 12.4. The summed E-state index contributed by atoms with van der Waals surface area (Å²) < 4.78 is 11.1. The molecule has 1 aliphatic heterocycles. The number of likely N-dealkylation sites (tertiary alicyclic amines) is 1. The summed E-state index contributed by atoms with van der Waals surface area (Å²) in [7, 11) is 0. The van der Waals surface area contributed by atoms with E-state index in [-0.39, 0.29) is 16.9 Å². The van der Waals surface area contributed by atoms with Crippen LogP contribution in [0.2, 0.25) is 0 Å². The molecule has 1 amide bonds. The summed E-state index contributed by atoms with van der Waals surface area (Å²) in [4.78, 5) is 14.3. The summed E-state index contributed by atoms with van der Waals surface area (Å²) in [5.41, 5.74) is -0.353. The summed E-state index contributed by atoms with van der Waals surface area (Å²) >= 11 is 1.98. The molecule has 4 nitrogen and oxygen atoms in total. The molecule has 1 fully saturated rings. The van der Waals surface area contributed by atoms with Gasteiger partial charge in [-0.25, -0.2) is 4.79 Å². The number of carbonyl (C=O) groups excluding carboxylic acids is 1. The number of amides is 1. The smallest absolute Gasteiger partial charge is 0.410 e. The van der Waals surface area contributed by atoms with Crippen LogP contribution in [0.15, 0.2) is 11.8 Å². The maximum atomic E-state index is 12.4. The van der Waals surface area contributed by atoms with E-state index in [2.05, 4.69) is 26.8 Å². The lowest BCUT2D eigenvalue weighted by atomic mass is 9.56. The van der Waals surface area contributed by atoms with E-state index in [4.69, 9.17) is 7.80 Å². The molecule has 2 atom stereocenters. The van der Waals surface area contributed by atoms with Crippen molar-refractivity contribution >= 4 is 29.1 Å². The first-order chi connectivity index (χ1) is 9.99. The van der Waals surface area contributed by atoms with Crippen molar-refractivity contribution in [1.29, 1.82) is 0 Å². The van der Waals surface area contributed by atoms with Crippen molar-refractivity contribution in [2.24, 2.45) is 16.7 Å². The Morgan fingerprint density at radius 3 is 2.55 bits per heavy atom. The fourth-order valence-corrected chi connectivity index (χ4v) is 4.82. The lowest BCUT2D eigenvalue weighted by Crippen LogP contribution is -2.55. The van der Waals surface area contributed by atoms with E-state index in [1.807, 2.05) is 48.7 Å². The van der Waals surface area contributed by atoms with E-state index < -0.39 is 5.60 Å². The quantitative estimate of drug-likeness (QED) is 0.564. The molecule has 1 saturated heterocycles. The van der Waals surface area contributed by atoms with E-state index in [9.17, 15) is 4.79 Å². The van der Waals surface area contributed by atoms with E-state index in [0.717, 1.165) is 31.7 Å². The van der Waals surface area contributed by atoms with Crippen molar-refractivity contribution in [2.75, 3.05) is 13.1 Å². The Hall–Kier alpha value is -0.460. The van der Waals surface area contributed by atoms with Gasteiger partial charge in [-0.3, -0.25) is 0 Å². The van der Waals surface area contributed by atoms with Gasteiger partial charge in [-0.1, -0.05) is 20.8 Å². The molecule has 1 heterocycles. The van der Waals surface area contributed by atoms with Crippen LogP contribution in [0.3, 0.4) is 0 Å². The predicted octanol–water partition coefficient (Wildman–Crippen LogP) is 4.93. The second-order valence-corrected chi connectivity index (χ2v) is 8.91. The second kappa shape index (κ2) is 5.87. The maximum Gasteiger partial charge on any atom is 0.410 e. The minimum atomic E-state index is -0.442. The molecule has 5 heteroatoms. The predicted molar refractivity (Wildman–Crippen MR) is 95.6 cm³/mol. The zero-order valence-corrected chi connectivity index (χ0v) is 16.7. The highest BCUT2D eigenvalue weighted by molar-refractivity contribution is 14.1. The first kappa shape index (κ1) is 17.9. The van der Waals surface area contributed by atoms with E-state index in [1.54, 1.807) is 0 Å². The number of carbonyl (C=O) groups is 1. The van der Waals surface area contributed by atoms with Gasteiger partial charge in [-0.15, -0.1) is 0 Å². The second-order valence-electron chi connectivity index (χ2n) is 8.47. The molecule has 126 valence electrons. The summed E-state index contributed by atoms with van der Waals surface area (Å²) in [6.45, 7) is 14.0. The van der Waals surface area contributed by atoms with Crippen LogP contribution in [0.4, 0.5) is 4.79 Å². The SMILES string of the molecule is CC(C)(C)OC(=O)N1CCC2C(C)(CC=C(OI)C2(C)C)C1. The van der Waals surface area contributed by atoms with Gasteiger partial charge in [0.15, 0.2) is 23.0 Å². The van der Waals surface area contributed by atoms with Gasteiger partial charge in [0.05, 0.1) is 0 Å². The molecule has 2 unspecified atom stereocenters. The zero-order chi connectivity index (χ0) is 16.8. The topological polar surface area (TPSA) is 38.8 Å². The van der Waals surface area contributed by atoms with Gasteiger partial charge >= 0.3 is 6.09 Å². The van der Waals surface area contributed by atoms with Gasteiger partial charge in [0, 0.05) is 18.5 Å². The molecule has 2 rings (SSSR count). The fourth-order valence-electron chi connectivity index (χ4n) is 4.07. The molecule has 0 bridgehead atoms. The first-order valence-electron chi connectivity index (χ1n) is 7.97. The normalized spacial score (nSPS) is 31.1. The number of nitrogens with zero attached hydrogens (tertiary/aromatic N) is 1. The van der Waals surface area contributed by atoms with Crippen LogP contribution in [0, 0.1) is 16.7 Å². The summed E-state index contributed by atoms with van der Waals surface area (Å²) in [5, 5.41) is 0. The first-order valence-corrected chi connectivity index (χ1v) is 8.85. The molecule has 0 saturated carbocycles. The molecule has 2 aliphatic rings. The molecular formula is C17H28INO3. The Labute approximate surface area is 148 Å². The fraction of sp³-hybridized carbons (Fsp3) is 0.824. The van der Waals surface area contributed by atoms with Crippen molar-refractivity contribution < 1.29 is 12.6 Å². The molecular weight excluding hydrogens is 393 g/mol. The lowest BCUT2D eigenvalue weighted by molar-refractivity contribution is -0.0426. The van der Waals surface area contributed by atoms with Crippen LogP contribution in [-0.2, 0) is 7.80 Å². The lowest BCUT2D eigenvalue weighted by Gasteiger charge is -2.54. The van der Waals surface area contributed by atoms with Crippen LogP contribution >= 0.6 is 23.0 Å². The summed E-state index contributed by atoms with van der Waals surface area (Å²) in [6.07, 6.45) is 3.94. The molecule has 0 spiro atoms. The van der Waals surface area contributed by atoms with Crippen LogP contribution < -0.4 is 0 Å². The van der Waals surface area contributed by atoms with Gasteiger partial charge in [0.1, 0.15) is 11.4 Å². The highest BCUT2D eigenvalue weighted by atomic mass is 127. The molecule has 22 heavy (non-hydrogen) atoms.